The monoisotopic (exact) mass is 223 g/mol. The van der Waals surface area contributed by atoms with Gasteiger partial charge in [-0.3, -0.25) is 9.59 Å². The van der Waals surface area contributed by atoms with E-state index in [1.54, 1.807) is 4.90 Å². The summed E-state index contributed by atoms with van der Waals surface area (Å²) in [6.07, 6.45) is 3.79. The lowest BCUT2D eigenvalue weighted by Crippen LogP contribution is -2.49. The SMILES string of the molecule is CN1CCC=C1C(=O)N1CCN(C=O)CC1. The van der Waals surface area contributed by atoms with Crippen molar-refractivity contribution in [3.05, 3.63) is 11.8 Å². The van der Waals surface area contributed by atoms with Gasteiger partial charge in [0.25, 0.3) is 5.91 Å². The normalized spacial score (nSPS) is 21.1. The summed E-state index contributed by atoms with van der Waals surface area (Å²) in [6.45, 7) is 3.50. The van der Waals surface area contributed by atoms with Crippen LogP contribution in [0.15, 0.2) is 11.8 Å². The summed E-state index contributed by atoms with van der Waals surface area (Å²) in [4.78, 5) is 28.2. The lowest BCUT2D eigenvalue weighted by atomic mass is 10.3. The lowest BCUT2D eigenvalue weighted by Gasteiger charge is -2.33. The first kappa shape index (κ1) is 11.0. The van der Waals surface area contributed by atoms with Crippen LogP contribution in [-0.2, 0) is 9.59 Å². The molecule has 0 radical (unpaired) electrons. The van der Waals surface area contributed by atoms with E-state index in [-0.39, 0.29) is 5.91 Å². The van der Waals surface area contributed by atoms with Gasteiger partial charge < -0.3 is 14.7 Å². The Labute approximate surface area is 95.3 Å². The molecule has 0 saturated carbocycles. The molecule has 0 N–H and O–H groups in total. The molecule has 0 aromatic heterocycles. The first-order valence-corrected chi connectivity index (χ1v) is 5.62. The van der Waals surface area contributed by atoms with Gasteiger partial charge in [0.2, 0.25) is 6.41 Å². The van der Waals surface area contributed by atoms with Crippen molar-refractivity contribution >= 4 is 12.3 Å². The van der Waals surface area contributed by atoms with Crippen molar-refractivity contribution in [3.63, 3.8) is 0 Å². The van der Waals surface area contributed by atoms with Gasteiger partial charge in [-0.15, -0.1) is 0 Å². The molecule has 5 heteroatoms. The third-order valence-corrected chi connectivity index (χ3v) is 3.18. The van der Waals surface area contributed by atoms with E-state index in [1.807, 2.05) is 22.9 Å². The van der Waals surface area contributed by atoms with Crippen LogP contribution in [0.5, 0.6) is 0 Å². The molecule has 1 fully saturated rings. The number of amides is 2. The molecule has 1 saturated heterocycles. The zero-order valence-corrected chi connectivity index (χ0v) is 9.56. The van der Waals surface area contributed by atoms with E-state index >= 15 is 0 Å². The van der Waals surface area contributed by atoms with Crippen molar-refractivity contribution in [1.29, 1.82) is 0 Å². The molecule has 0 unspecified atom stereocenters. The Morgan fingerprint density at radius 1 is 1.25 bits per heavy atom. The van der Waals surface area contributed by atoms with E-state index < -0.39 is 0 Å². The minimum absolute atomic E-state index is 0.102. The van der Waals surface area contributed by atoms with Gasteiger partial charge >= 0.3 is 0 Å². The Hall–Kier alpha value is -1.52. The Morgan fingerprint density at radius 3 is 2.44 bits per heavy atom. The number of carbonyl (C=O) groups excluding carboxylic acids is 2. The van der Waals surface area contributed by atoms with Gasteiger partial charge in [-0.2, -0.15) is 0 Å². The molecule has 2 aliphatic rings. The van der Waals surface area contributed by atoms with Gasteiger partial charge in [0.05, 0.1) is 5.70 Å². The van der Waals surface area contributed by atoms with Gasteiger partial charge in [-0.1, -0.05) is 6.08 Å². The summed E-state index contributed by atoms with van der Waals surface area (Å²) in [5, 5.41) is 0. The summed E-state index contributed by atoms with van der Waals surface area (Å²) in [7, 11) is 1.94. The molecule has 0 spiro atoms. The zero-order valence-electron chi connectivity index (χ0n) is 9.56. The van der Waals surface area contributed by atoms with Crippen LogP contribution < -0.4 is 0 Å². The Morgan fingerprint density at radius 2 is 1.94 bits per heavy atom. The van der Waals surface area contributed by atoms with E-state index in [9.17, 15) is 9.59 Å². The number of hydrogen-bond acceptors (Lipinski definition) is 3. The maximum Gasteiger partial charge on any atom is 0.269 e. The average molecular weight is 223 g/mol. The van der Waals surface area contributed by atoms with Crippen LogP contribution in [0, 0.1) is 0 Å². The standard InChI is InChI=1S/C11H17N3O2/c1-12-4-2-3-10(12)11(16)14-7-5-13(9-15)6-8-14/h3,9H,2,4-8H2,1H3. The van der Waals surface area contributed by atoms with Crippen molar-refractivity contribution < 1.29 is 9.59 Å². The number of hydrogen-bond donors (Lipinski definition) is 0. The predicted molar refractivity (Wildman–Crippen MR) is 59.5 cm³/mol. The maximum atomic E-state index is 12.1. The van der Waals surface area contributed by atoms with Gasteiger partial charge in [-0.05, 0) is 6.42 Å². The van der Waals surface area contributed by atoms with Crippen molar-refractivity contribution in [2.75, 3.05) is 39.8 Å². The van der Waals surface area contributed by atoms with Crippen molar-refractivity contribution in [2.24, 2.45) is 0 Å². The Bertz CT molecular complexity index is 319. The highest BCUT2D eigenvalue weighted by Crippen LogP contribution is 2.15. The minimum Gasteiger partial charge on any atom is -0.370 e. The van der Waals surface area contributed by atoms with Crippen molar-refractivity contribution in [1.82, 2.24) is 14.7 Å². The van der Waals surface area contributed by atoms with Crippen LogP contribution in [0.3, 0.4) is 0 Å². The molecule has 5 nitrogen and oxygen atoms in total. The molecule has 0 aromatic rings. The molecule has 0 aliphatic carbocycles. The fraction of sp³-hybridized carbons (Fsp3) is 0.636. The Kier molecular flexibility index (Phi) is 3.12. The van der Waals surface area contributed by atoms with Crippen LogP contribution in [0.4, 0.5) is 0 Å². The molecule has 0 aromatic carbocycles. The second-order valence-electron chi connectivity index (χ2n) is 4.23. The van der Waals surface area contributed by atoms with Crippen LogP contribution in [0.1, 0.15) is 6.42 Å². The molecular formula is C11H17N3O2. The van der Waals surface area contributed by atoms with Gasteiger partial charge in [-0.25, -0.2) is 0 Å². The van der Waals surface area contributed by atoms with Crippen LogP contribution in [-0.4, -0.2) is 66.8 Å². The summed E-state index contributed by atoms with van der Waals surface area (Å²) in [5.41, 5.74) is 0.805. The number of rotatable bonds is 2. The van der Waals surface area contributed by atoms with Crippen molar-refractivity contribution in [2.45, 2.75) is 6.42 Å². The number of nitrogens with zero attached hydrogens (tertiary/aromatic N) is 3. The fourth-order valence-electron chi connectivity index (χ4n) is 2.11. The highest BCUT2D eigenvalue weighted by molar-refractivity contribution is 5.93. The molecule has 2 heterocycles. The predicted octanol–water partition coefficient (Wildman–Crippen LogP) is -0.494. The zero-order chi connectivity index (χ0) is 11.5. The third kappa shape index (κ3) is 2.03. The number of piperazine rings is 1. The van der Waals surface area contributed by atoms with Crippen LogP contribution >= 0.6 is 0 Å². The quantitative estimate of drug-likeness (QED) is 0.593. The largest absolute Gasteiger partial charge is 0.370 e. The average Bonchev–Trinajstić information content (AvgIpc) is 2.75. The smallest absolute Gasteiger partial charge is 0.269 e. The lowest BCUT2D eigenvalue weighted by molar-refractivity contribution is -0.132. The molecule has 0 atom stereocenters. The van der Waals surface area contributed by atoms with Gasteiger partial charge in [0.1, 0.15) is 0 Å². The van der Waals surface area contributed by atoms with E-state index in [4.69, 9.17) is 0 Å². The molecule has 2 aliphatic heterocycles. The highest BCUT2D eigenvalue weighted by Gasteiger charge is 2.26. The number of likely N-dealkylation sites (N-methyl/N-ethyl adjacent to an activating group) is 1. The summed E-state index contributed by atoms with van der Waals surface area (Å²) in [6, 6.07) is 0. The first-order valence-electron chi connectivity index (χ1n) is 5.62. The van der Waals surface area contributed by atoms with E-state index in [1.165, 1.54) is 0 Å². The summed E-state index contributed by atoms with van der Waals surface area (Å²) >= 11 is 0. The summed E-state index contributed by atoms with van der Waals surface area (Å²) < 4.78 is 0. The maximum absolute atomic E-state index is 12.1. The van der Waals surface area contributed by atoms with Gasteiger partial charge in [0.15, 0.2) is 0 Å². The fourth-order valence-corrected chi connectivity index (χ4v) is 2.11. The highest BCUT2D eigenvalue weighted by atomic mass is 16.2. The number of carbonyl (C=O) groups is 2. The molecule has 88 valence electrons. The van der Waals surface area contributed by atoms with E-state index in [0.717, 1.165) is 25.1 Å². The molecule has 2 amide bonds. The van der Waals surface area contributed by atoms with E-state index in [2.05, 4.69) is 0 Å². The molecule has 2 rings (SSSR count). The van der Waals surface area contributed by atoms with E-state index in [0.29, 0.717) is 26.2 Å². The Balaban J connectivity index is 1.94. The molecule has 0 bridgehead atoms. The minimum atomic E-state index is 0.102. The molecule has 16 heavy (non-hydrogen) atoms. The van der Waals surface area contributed by atoms with Crippen molar-refractivity contribution in [3.8, 4) is 0 Å². The second kappa shape index (κ2) is 4.55. The second-order valence-corrected chi connectivity index (χ2v) is 4.23. The third-order valence-electron chi connectivity index (χ3n) is 3.18. The first-order chi connectivity index (χ1) is 7.72. The van der Waals surface area contributed by atoms with Crippen LogP contribution in [0.2, 0.25) is 0 Å². The topological polar surface area (TPSA) is 43.9 Å². The molecular weight excluding hydrogens is 206 g/mol. The van der Waals surface area contributed by atoms with Gasteiger partial charge in [0, 0.05) is 39.8 Å². The summed E-state index contributed by atoms with van der Waals surface area (Å²) in [5.74, 6) is 0.102. The van der Waals surface area contributed by atoms with Crippen LogP contribution in [0.25, 0.3) is 0 Å².